The van der Waals surface area contributed by atoms with Gasteiger partial charge in [0.25, 0.3) is 15.8 Å². The van der Waals surface area contributed by atoms with Crippen molar-refractivity contribution >= 4 is 60.3 Å². The van der Waals surface area contributed by atoms with Crippen LogP contribution in [0.4, 0.5) is 15.8 Å². The molecule has 2 atom stereocenters. The van der Waals surface area contributed by atoms with E-state index >= 15 is 0 Å². The van der Waals surface area contributed by atoms with Gasteiger partial charge in [-0.05, 0) is 99.5 Å². The molecule has 23 heteroatoms. The highest BCUT2D eigenvalue weighted by molar-refractivity contribution is 7.90. The number of piperidine rings is 3. The molecule has 0 aliphatic carbocycles. The van der Waals surface area contributed by atoms with Crippen LogP contribution in [0.25, 0.3) is 10.9 Å². The van der Waals surface area contributed by atoms with Gasteiger partial charge in [-0.1, -0.05) is 6.07 Å². The zero-order valence-electron chi connectivity index (χ0n) is 36.0. The van der Waals surface area contributed by atoms with Crippen molar-refractivity contribution in [1.82, 2.24) is 29.4 Å². The first-order chi connectivity index (χ1) is 31.4. The molecule has 66 heavy (non-hydrogen) atoms. The average molecular weight is 950 g/mol. The highest BCUT2D eigenvalue weighted by Gasteiger charge is 2.44. The van der Waals surface area contributed by atoms with Gasteiger partial charge in [0.05, 0.1) is 54.0 Å². The van der Waals surface area contributed by atoms with E-state index in [0.717, 1.165) is 18.4 Å². The van der Waals surface area contributed by atoms with Crippen LogP contribution in [0.2, 0.25) is 0 Å². The number of aromatic nitrogens is 2. The first kappa shape index (κ1) is 46.3. The summed E-state index contributed by atoms with van der Waals surface area (Å²) >= 11 is 0. The summed E-state index contributed by atoms with van der Waals surface area (Å²) in [6.07, 6.45) is 5.87. The highest BCUT2D eigenvalue weighted by atomic mass is 32.2. The van der Waals surface area contributed by atoms with Gasteiger partial charge >= 0.3 is 10.1 Å². The number of anilines is 2. The Morgan fingerprint density at radius 1 is 1.03 bits per heavy atom. The SMILES string of the molecule is CNS(=O)(=O)Nc1ccc(F)c(Oc2ccc3ncn([C@@H]4COC5(CCN(C(=O)CN6CCC(c7ccc(NC8CCC(=O)NC8=O)cc7OS(C)(=O)=O)CC6)CC5)C4)c(=O)c3c2)c1C#N. The topological polar surface area (TPSA) is 260 Å². The second kappa shape index (κ2) is 18.6. The molecule has 3 amide bonds. The van der Waals surface area contributed by atoms with Crippen LogP contribution >= 0.6 is 0 Å². The number of imide groups is 1. The first-order valence-corrected chi connectivity index (χ1v) is 24.6. The molecule has 4 aliphatic heterocycles. The number of carbonyl (C=O) groups is 3. The van der Waals surface area contributed by atoms with Gasteiger partial charge in [-0.25, -0.2) is 14.1 Å². The maximum absolute atomic E-state index is 15.0. The van der Waals surface area contributed by atoms with Gasteiger partial charge in [0, 0.05) is 38.3 Å². The van der Waals surface area contributed by atoms with E-state index in [-0.39, 0.29) is 71.5 Å². The summed E-state index contributed by atoms with van der Waals surface area (Å²) in [5, 5.41) is 15.3. The van der Waals surface area contributed by atoms with Crippen LogP contribution in [0.3, 0.4) is 0 Å². The fourth-order valence-electron chi connectivity index (χ4n) is 9.04. The number of hydrogen-bond acceptors (Lipinski definition) is 15. The van der Waals surface area contributed by atoms with E-state index in [4.69, 9.17) is 13.7 Å². The van der Waals surface area contributed by atoms with E-state index < -0.39 is 55.0 Å². The van der Waals surface area contributed by atoms with Gasteiger partial charge < -0.3 is 23.9 Å². The molecule has 4 fully saturated rings. The molecule has 0 radical (unpaired) electrons. The summed E-state index contributed by atoms with van der Waals surface area (Å²) in [6.45, 7) is 2.60. The molecule has 1 aromatic heterocycles. The first-order valence-electron chi connectivity index (χ1n) is 21.3. The molecule has 1 spiro atoms. The van der Waals surface area contributed by atoms with Crippen molar-refractivity contribution in [3.8, 4) is 23.3 Å². The van der Waals surface area contributed by atoms with Crippen LogP contribution < -0.4 is 34.6 Å². The largest absolute Gasteiger partial charge is 0.453 e. The Kier molecular flexibility index (Phi) is 13.1. The van der Waals surface area contributed by atoms with Gasteiger partial charge in [0.15, 0.2) is 11.6 Å². The number of amides is 3. The van der Waals surface area contributed by atoms with Crippen LogP contribution in [-0.2, 0) is 39.4 Å². The molecule has 4 N–H and O–H groups in total. The lowest BCUT2D eigenvalue weighted by molar-refractivity contribution is -0.137. The Hall–Kier alpha value is -6.19. The molecule has 4 saturated heterocycles. The molecule has 4 aliphatic rings. The van der Waals surface area contributed by atoms with Crippen molar-refractivity contribution in [2.75, 3.05) is 62.7 Å². The fraction of sp³-hybridized carbons (Fsp3) is 0.442. The summed E-state index contributed by atoms with van der Waals surface area (Å²) in [5.41, 5.74) is -0.00417. The van der Waals surface area contributed by atoms with Gasteiger partial charge in [-0.3, -0.25) is 38.7 Å². The van der Waals surface area contributed by atoms with E-state index in [1.807, 2.05) is 4.90 Å². The Morgan fingerprint density at radius 3 is 2.48 bits per heavy atom. The minimum Gasteiger partial charge on any atom is -0.453 e. The smallest absolute Gasteiger partial charge is 0.306 e. The van der Waals surface area contributed by atoms with Gasteiger partial charge in [-0.15, -0.1) is 0 Å². The minimum absolute atomic E-state index is 0.0106. The number of halogens is 1. The van der Waals surface area contributed by atoms with Crippen LogP contribution in [0, 0.1) is 17.1 Å². The Morgan fingerprint density at radius 2 is 1.79 bits per heavy atom. The Balaban J connectivity index is 0.861. The maximum atomic E-state index is 15.0. The van der Waals surface area contributed by atoms with Crippen LogP contribution in [0.1, 0.15) is 68.0 Å². The van der Waals surface area contributed by atoms with Crippen molar-refractivity contribution in [3.63, 3.8) is 0 Å². The fourth-order valence-corrected chi connectivity index (χ4v) is 10.1. The summed E-state index contributed by atoms with van der Waals surface area (Å²) in [4.78, 5) is 59.8. The number of nitrogens with zero attached hydrogens (tertiary/aromatic N) is 5. The second-order valence-corrected chi connectivity index (χ2v) is 20.1. The molecule has 0 bridgehead atoms. The molecule has 8 rings (SSSR count). The summed E-state index contributed by atoms with van der Waals surface area (Å²) in [7, 11) is -6.74. The third-order valence-electron chi connectivity index (χ3n) is 12.5. The van der Waals surface area contributed by atoms with Gasteiger partial charge in [-0.2, -0.15) is 22.1 Å². The number of rotatable bonds is 13. The predicted molar refractivity (Wildman–Crippen MR) is 237 cm³/mol. The van der Waals surface area contributed by atoms with Crippen LogP contribution in [-0.4, -0.2) is 118 Å². The minimum atomic E-state index is -4.04. The molecule has 20 nitrogen and oxygen atoms in total. The highest BCUT2D eigenvalue weighted by Crippen LogP contribution is 2.41. The molecular formula is C43H48FN9O11S2. The number of nitriles is 1. The lowest BCUT2D eigenvalue weighted by Crippen LogP contribution is -2.50. The second-order valence-electron chi connectivity index (χ2n) is 16.9. The zero-order valence-corrected chi connectivity index (χ0v) is 37.7. The Bertz CT molecular complexity index is 2910. The van der Waals surface area contributed by atoms with Crippen molar-refractivity contribution in [2.45, 2.75) is 68.5 Å². The van der Waals surface area contributed by atoms with Crippen LogP contribution in [0.15, 0.2) is 59.7 Å². The lowest BCUT2D eigenvalue weighted by atomic mass is 9.87. The molecular weight excluding hydrogens is 902 g/mol. The summed E-state index contributed by atoms with van der Waals surface area (Å²) in [5.74, 6) is -2.11. The molecule has 5 heterocycles. The van der Waals surface area contributed by atoms with Gasteiger partial charge in [0.1, 0.15) is 29.2 Å². The average Bonchev–Trinajstić information content (AvgIpc) is 3.68. The van der Waals surface area contributed by atoms with Crippen molar-refractivity contribution in [1.29, 1.82) is 5.26 Å². The standard InChI is InChI=1S/C43H48FN9O11S2/c1-46-66(60,61)50-35-8-6-33(44)40(32(35)22-45)63-29-4-7-34-31(20-29)42(57)53(25-47-34)28-21-43(62-24-28)13-17-52(18-14-43)39(55)23-51-15-11-26(12-16-51)30-5-3-27(19-37(30)64-65(2,58)59)48-36-9-10-38(54)49-41(36)56/h3-8,19-20,25-26,28,36,46,48,50H,9-18,21,23-24H2,1-2H3,(H,49,54,56)/t28-,36?/m0/s1. The zero-order chi connectivity index (χ0) is 47.0. The molecule has 350 valence electrons. The number of fused-ring (bicyclic) bond motifs is 1. The number of carbonyl (C=O) groups excluding carboxylic acids is 3. The summed E-state index contributed by atoms with van der Waals surface area (Å²) < 4.78 is 86.9. The lowest BCUT2D eigenvalue weighted by Gasteiger charge is -2.40. The normalized spacial score (nSPS) is 20.5. The number of likely N-dealkylation sites (tertiary alicyclic amines) is 2. The van der Waals surface area contributed by atoms with Gasteiger partial charge in [0.2, 0.25) is 17.7 Å². The quantitative estimate of drug-likeness (QED) is 0.111. The molecule has 4 aromatic rings. The van der Waals surface area contributed by atoms with Crippen molar-refractivity contribution < 1.29 is 49.3 Å². The van der Waals surface area contributed by atoms with E-state index in [1.54, 1.807) is 24.3 Å². The number of nitrogens with one attached hydrogen (secondary N) is 4. The van der Waals surface area contributed by atoms with E-state index in [0.29, 0.717) is 81.5 Å². The van der Waals surface area contributed by atoms with Crippen LogP contribution in [0.5, 0.6) is 17.2 Å². The Labute approximate surface area is 379 Å². The third-order valence-corrected chi connectivity index (χ3v) is 14.0. The monoisotopic (exact) mass is 949 g/mol. The molecule has 3 aromatic carbocycles. The third kappa shape index (κ3) is 10.3. The van der Waals surface area contributed by atoms with E-state index in [9.17, 15) is 45.7 Å². The number of hydrogen-bond donors (Lipinski definition) is 4. The van der Waals surface area contributed by atoms with Crippen molar-refractivity contribution in [2.24, 2.45) is 0 Å². The van der Waals surface area contributed by atoms with Crippen molar-refractivity contribution in [3.05, 3.63) is 82.2 Å². The predicted octanol–water partition coefficient (Wildman–Crippen LogP) is 2.83. The number of benzene rings is 3. The summed E-state index contributed by atoms with van der Waals surface area (Å²) in [6, 6.07) is 12.3. The number of ether oxygens (including phenoxy) is 2. The maximum Gasteiger partial charge on any atom is 0.306 e. The van der Waals surface area contributed by atoms with E-state index in [2.05, 4.69) is 30.0 Å². The molecule has 1 unspecified atom stereocenters. The van der Waals surface area contributed by atoms with E-state index in [1.165, 1.54) is 36.1 Å². The molecule has 0 saturated carbocycles.